The highest BCUT2D eigenvalue weighted by molar-refractivity contribution is 6.09. The van der Waals surface area contributed by atoms with Gasteiger partial charge in [0.15, 0.2) is 5.82 Å². The average Bonchev–Trinajstić information content (AvgIpc) is 3.42. The average molecular weight is 589 g/mol. The van der Waals surface area contributed by atoms with E-state index in [1.165, 1.54) is 22.2 Å². The molecule has 9 rings (SSSR count). The molecule has 2 aromatic heterocycles. The Kier molecular flexibility index (Phi) is 6.10. The third-order valence-electron chi connectivity index (χ3n) is 8.74. The summed E-state index contributed by atoms with van der Waals surface area (Å²) in [5.41, 5.74) is 12.0. The predicted molar refractivity (Wildman–Crippen MR) is 189 cm³/mol. The Morgan fingerprint density at radius 2 is 1.00 bits per heavy atom. The lowest BCUT2D eigenvalue weighted by molar-refractivity contribution is 1.11. The van der Waals surface area contributed by atoms with Crippen LogP contribution in [-0.2, 0) is 0 Å². The van der Waals surface area contributed by atoms with Crippen LogP contribution in [0.5, 0.6) is 0 Å². The van der Waals surface area contributed by atoms with Gasteiger partial charge in [0.1, 0.15) is 5.82 Å². The Labute approximate surface area is 267 Å². The molecule has 0 fully saturated rings. The van der Waals surface area contributed by atoms with Crippen molar-refractivity contribution >= 4 is 28.1 Å². The van der Waals surface area contributed by atoms with Gasteiger partial charge in [0.05, 0.1) is 34.0 Å². The first-order chi connectivity index (χ1) is 22.8. The van der Waals surface area contributed by atoms with Crippen LogP contribution in [0.15, 0.2) is 170 Å². The summed E-state index contributed by atoms with van der Waals surface area (Å²) in [6.45, 7) is 0. The van der Waals surface area contributed by atoms with Crippen LogP contribution in [0.25, 0.3) is 61.6 Å². The van der Waals surface area contributed by atoms with Gasteiger partial charge in [-0.25, -0.2) is 9.97 Å². The van der Waals surface area contributed by atoms with Crippen molar-refractivity contribution in [3.05, 3.63) is 170 Å². The van der Waals surface area contributed by atoms with E-state index >= 15 is 0 Å². The number of hydrogen-bond acceptors (Lipinski definition) is 3. The number of para-hydroxylation sites is 4. The Bertz CT molecular complexity index is 2300. The van der Waals surface area contributed by atoms with Gasteiger partial charge in [0.25, 0.3) is 0 Å². The van der Waals surface area contributed by atoms with Crippen LogP contribution in [0.3, 0.4) is 0 Å². The van der Waals surface area contributed by atoms with E-state index in [2.05, 4.69) is 155 Å². The summed E-state index contributed by atoms with van der Waals surface area (Å²) in [5, 5.41) is 1.22. The molecule has 0 N–H and O–H groups in total. The van der Waals surface area contributed by atoms with Crippen LogP contribution >= 0.6 is 0 Å². The molecule has 6 aromatic carbocycles. The number of fused-ring (bicyclic) bond motifs is 7. The van der Waals surface area contributed by atoms with Gasteiger partial charge in [-0.2, -0.15) is 0 Å². The molecule has 4 heteroatoms. The summed E-state index contributed by atoms with van der Waals surface area (Å²) in [6, 6.07) is 59.5. The van der Waals surface area contributed by atoms with Gasteiger partial charge in [-0.05, 0) is 29.8 Å². The first-order valence-electron chi connectivity index (χ1n) is 15.5. The maximum atomic E-state index is 5.29. The molecule has 8 aromatic rings. The van der Waals surface area contributed by atoms with E-state index in [-0.39, 0.29) is 0 Å². The van der Waals surface area contributed by atoms with Crippen LogP contribution < -0.4 is 4.90 Å². The Hall–Kier alpha value is -6.26. The maximum absolute atomic E-state index is 5.29. The fourth-order valence-corrected chi connectivity index (χ4v) is 6.75. The van der Waals surface area contributed by atoms with Crippen molar-refractivity contribution in [1.29, 1.82) is 0 Å². The molecule has 0 bridgehead atoms. The quantitative estimate of drug-likeness (QED) is 0.205. The fraction of sp³-hybridized carbons (Fsp3) is 0. The molecule has 0 amide bonds. The van der Waals surface area contributed by atoms with E-state index in [9.17, 15) is 0 Å². The lowest BCUT2D eigenvalue weighted by Gasteiger charge is -2.26. The molecule has 216 valence electrons. The van der Waals surface area contributed by atoms with Crippen molar-refractivity contribution in [3.63, 3.8) is 0 Å². The second kappa shape index (κ2) is 10.7. The summed E-state index contributed by atoms with van der Waals surface area (Å²) < 4.78 is 2.43. The van der Waals surface area contributed by atoms with Gasteiger partial charge in [-0.15, -0.1) is 0 Å². The molecule has 0 unspecified atom stereocenters. The molecule has 0 saturated carbocycles. The van der Waals surface area contributed by atoms with Crippen LogP contribution in [0.2, 0.25) is 0 Å². The molecule has 0 saturated heterocycles. The molecule has 0 aliphatic carbocycles. The summed E-state index contributed by atoms with van der Waals surface area (Å²) in [5.74, 6) is 1.50. The zero-order chi connectivity index (χ0) is 30.5. The first-order valence-corrected chi connectivity index (χ1v) is 15.5. The van der Waals surface area contributed by atoms with Crippen molar-refractivity contribution in [1.82, 2.24) is 14.5 Å². The highest BCUT2D eigenvalue weighted by atomic mass is 15.2. The van der Waals surface area contributed by atoms with Crippen LogP contribution in [0.4, 0.5) is 17.2 Å². The molecular weight excluding hydrogens is 560 g/mol. The number of anilines is 3. The van der Waals surface area contributed by atoms with Crippen LogP contribution in [-0.4, -0.2) is 14.5 Å². The van der Waals surface area contributed by atoms with Crippen molar-refractivity contribution in [2.75, 3.05) is 4.90 Å². The SMILES string of the molecule is c1ccc(-c2cc(N3c4ccccc4-c4c(-c5ccccc5)c5ccccc5n4-c4ccccc43)nc(-c3ccccc3)n2)cc1. The molecule has 3 heterocycles. The first kappa shape index (κ1) is 26.2. The molecule has 0 spiro atoms. The predicted octanol–water partition coefficient (Wildman–Crippen LogP) is 10.9. The number of aromatic nitrogens is 3. The largest absolute Gasteiger partial charge is 0.306 e. The number of nitrogens with zero attached hydrogens (tertiary/aromatic N) is 4. The van der Waals surface area contributed by atoms with E-state index in [0.29, 0.717) is 5.82 Å². The molecule has 0 radical (unpaired) electrons. The topological polar surface area (TPSA) is 34.0 Å². The van der Waals surface area contributed by atoms with E-state index in [0.717, 1.165) is 50.8 Å². The second-order valence-electron chi connectivity index (χ2n) is 11.5. The summed E-state index contributed by atoms with van der Waals surface area (Å²) in [6.07, 6.45) is 0. The zero-order valence-corrected chi connectivity index (χ0v) is 25.0. The van der Waals surface area contributed by atoms with Crippen molar-refractivity contribution < 1.29 is 0 Å². The number of rotatable bonds is 4. The summed E-state index contributed by atoms with van der Waals surface area (Å²) in [4.78, 5) is 12.7. The van der Waals surface area contributed by atoms with Crippen LogP contribution in [0, 0.1) is 0 Å². The van der Waals surface area contributed by atoms with Gasteiger partial charge in [0.2, 0.25) is 0 Å². The Balaban J connectivity index is 1.39. The minimum absolute atomic E-state index is 0.686. The Morgan fingerprint density at radius 3 is 1.74 bits per heavy atom. The number of benzene rings is 6. The van der Waals surface area contributed by atoms with Crippen molar-refractivity contribution in [3.8, 4) is 50.7 Å². The van der Waals surface area contributed by atoms with E-state index < -0.39 is 0 Å². The number of hydrogen-bond donors (Lipinski definition) is 0. The van der Waals surface area contributed by atoms with E-state index in [4.69, 9.17) is 9.97 Å². The minimum atomic E-state index is 0.686. The van der Waals surface area contributed by atoms with Gasteiger partial charge in [-0.1, -0.05) is 140 Å². The molecule has 46 heavy (non-hydrogen) atoms. The third kappa shape index (κ3) is 4.15. The highest BCUT2D eigenvalue weighted by Gasteiger charge is 2.31. The molecular formula is C42H28N4. The smallest absolute Gasteiger partial charge is 0.162 e. The van der Waals surface area contributed by atoms with E-state index in [1.54, 1.807) is 0 Å². The van der Waals surface area contributed by atoms with Gasteiger partial charge in [-0.3, -0.25) is 4.90 Å². The lowest BCUT2D eigenvalue weighted by Crippen LogP contribution is -2.14. The standard InChI is InChI=1S/C42H28N4/c1-4-16-29(17-5-1)34-28-39(44-42(43-34)31-20-8-3-9-21-31)45-36-25-13-11-23-33(36)41-40(30-18-6-2-7-19-30)32-22-10-12-24-35(32)46(41)38-27-15-14-26-37(38)45/h1-28H. The highest BCUT2D eigenvalue weighted by Crippen LogP contribution is 2.52. The third-order valence-corrected chi connectivity index (χ3v) is 8.74. The maximum Gasteiger partial charge on any atom is 0.162 e. The van der Waals surface area contributed by atoms with Crippen molar-refractivity contribution in [2.24, 2.45) is 0 Å². The summed E-state index contributed by atoms with van der Waals surface area (Å²) >= 11 is 0. The molecule has 4 nitrogen and oxygen atoms in total. The van der Waals surface area contributed by atoms with Gasteiger partial charge in [0, 0.05) is 33.7 Å². The van der Waals surface area contributed by atoms with Crippen molar-refractivity contribution in [2.45, 2.75) is 0 Å². The normalized spacial score (nSPS) is 11.9. The lowest BCUT2D eigenvalue weighted by atomic mass is 9.97. The second-order valence-corrected chi connectivity index (χ2v) is 11.5. The molecule has 1 aliphatic rings. The van der Waals surface area contributed by atoms with Gasteiger partial charge >= 0.3 is 0 Å². The van der Waals surface area contributed by atoms with Crippen LogP contribution in [0.1, 0.15) is 0 Å². The monoisotopic (exact) mass is 588 g/mol. The molecule has 1 aliphatic heterocycles. The zero-order valence-electron chi connectivity index (χ0n) is 25.0. The Morgan fingerprint density at radius 1 is 0.435 bits per heavy atom. The minimum Gasteiger partial charge on any atom is -0.306 e. The van der Waals surface area contributed by atoms with Gasteiger partial charge < -0.3 is 4.57 Å². The fourth-order valence-electron chi connectivity index (χ4n) is 6.75. The molecule has 0 atom stereocenters. The summed E-state index contributed by atoms with van der Waals surface area (Å²) in [7, 11) is 0. The van der Waals surface area contributed by atoms with E-state index in [1.807, 2.05) is 24.3 Å².